The minimum Gasteiger partial charge on any atom is -0.360 e. The van der Waals surface area contributed by atoms with Gasteiger partial charge in [-0.05, 0) is 20.3 Å². The normalized spacial score (nSPS) is 22.2. The number of nitrogens with zero attached hydrogens (tertiary/aromatic N) is 6. The number of amides is 1. The second-order valence-electron chi connectivity index (χ2n) is 6.62. The van der Waals surface area contributed by atoms with Crippen LogP contribution in [-0.4, -0.2) is 68.0 Å². The summed E-state index contributed by atoms with van der Waals surface area (Å²) in [6, 6.07) is 1.35. The van der Waals surface area contributed by atoms with Crippen LogP contribution in [0.1, 0.15) is 30.8 Å². The molecule has 1 amide bonds. The third-order valence-electron chi connectivity index (χ3n) is 4.56. The summed E-state index contributed by atoms with van der Waals surface area (Å²) >= 11 is 0. The predicted octanol–water partition coefficient (Wildman–Crippen LogP) is 1.21. The summed E-state index contributed by atoms with van der Waals surface area (Å²) in [5.74, 6) is 0.629. The summed E-state index contributed by atoms with van der Waals surface area (Å²) in [5, 5.41) is 7.87. The largest absolute Gasteiger partial charge is 0.360 e. The van der Waals surface area contributed by atoms with Gasteiger partial charge in [0.05, 0.1) is 12.2 Å². The van der Waals surface area contributed by atoms with Crippen LogP contribution < -0.4 is 0 Å². The van der Waals surface area contributed by atoms with Crippen LogP contribution in [0, 0.1) is 6.92 Å². The van der Waals surface area contributed by atoms with Crippen molar-refractivity contribution in [2.75, 3.05) is 20.1 Å². The lowest BCUT2D eigenvalue weighted by Gasteiger charge is -2.29. The quantitative estimate of drug-likeness (QED) is 0.779. The summed E-state index contributed by atoms with van der Waals surface area (Å²) in [5.41, 5.74) is 0.802. The molecule has 0 saturated carbocycles. The fraction of sp³-hybridized carbons (Fsp3) is 0.625. The molecule has 3 heterocycles. The van der Waals surface area contributed by atoms with Crippen molar-refractivity contribution in [3.63, 3.8) is 0 Å². The second-order valence-corrected chi connectivity index (χ2v) is 6.62. The van der Waals surface area contributed by atoms with Crippen LogP contribution >= 0.6 is 0 Å². The number of carbonyl (C=O) groups excluding carboxylic acids is 1. The predicted molar refractivity (Wildman–Crippen MR) is 87.3 cm³/mol. The Morgan fingerprint density at radius 2 is 2.36 bits per heavy atom. The number of aryl methyl sites for hydroxylation is 1. The van der Waals surface area contributed by atoms with E-state index in [4.69, 9.17) is 4.52 Å². The molecule has 0 aromatic carbocycles. The van der Waals surface area contributed by atoms with Gasteiger partial charge in [-0.1, -0.05) is 5.16 Å². The van der Waals surface area contributed by atoms with Gasteiger partial charge in [-0.2, -0.15) is 5.10 Å². The average Bonchev–Trinajstić information content (AvgIpc) is 3.29. The molecule has 136 valence electrons. The first-order chi connectivity index (χ1) is 11.9. The SMILES string of the molecule is Cc1cc(CN2C[C@@H](F)C[C@H]2CN(C)C(=O)[C@@H](C)n2cncn2)on1. The zero-order valence-electron chi connectivity index (χ0n) is 14.7. The Morgan fingerprint density at radius 3 is 3.00 bits per heavy atom. The maximum atomic E-state index is 14.0. The van der Waals surface area contributed by atoms with Crippen molar-refractivity contribution < 1.29 is 13.7 Å². The number of likely N-dealkylation sites (tertiary alicyclic amines) is 1. The average molecular weight is 350 g/mol. The number of hydrogen-bond donors (Lipinski definition) is 0. The molecule has 25 heavy (non-hydrogen) atoms. The second kappa shape index (κ2) is 7.30. The van der Waals surface area contributed by atoms with E-state index in [1.807, 2.05) is 17.9 Å². The van der Waals surface area contributed by atoms with Crippen LogP contribution in [0.3, 0.4) is 0 Å². The summed E-state index contributed by atoms with van der Waals surface area (Å²) in [6.45, 7) is 4.91. The molecule has 2 aromatic rings. The number of rotatable bonds is 6. The first kappa shape index (κ1) is 17.5. The highest BCUT2D eigenvalue weighted by Gasteiger charge is 2.34. The molecule has 3 rings (SSSR count). The molecule has 0 unspecified atom stereocenters. The van der Waals surface area contributed by atoms with E-state index >= 15 is 0 Å². The van der Waals surface area contributed by atoms with Crippen molar-refractivity contribution >= 4 is 5.91 Å². The third kappa shape index (κ3) is 4.04. The topological polar surface area (TPSA) is 80.3 Å². The molecule has 0 radical (unpaired) electrons. The molecule has 0 spiro atoms. The van der Waals surface area contributed by atoms with E-state index in [9.17, 15) is 9.18 Å². The van der Waals surface area contributed by atoms with E-state index in [-0.39, 0.29) is 11.9 Å². The molecule has 1 aliphatic rings. The molecule has 0 bridgehead atoms. The van der Waals surface area contributed by atoms with Crippen LogP contribution in [0.25, 0.3) is 0 Å². The molecule has 0 N–H and O–H groups in total. The fourth-order valence-corrected chi connectivity index (χ4v) is 3.25. The minimum absolute atomic E-state index is 0.0581. The maximum absolute atomic E-state index is 14.0. The van der Waals surface area contributed by atoms with Gasteiger partial charge in [0.1, 0.15) is 24.9 Å². The number of carbonyl (C=O) groups is 1. The van der Waals surface area contributed by atoms with Gasteiger partial charge >= 0.3 is 0 Å². The Kier molecular flexibility index (Phi) is 5.12. The molecule has 1 fully saturated rings. The minimum atomic E-state index is -0.898. The molecular weight excluding hydrogens is 327 g/mol. The van der Waals surface area contributed by atoms with Crippen molar-refractivity contribution in [1.29, 1.82) is 0 Å². The van der Waals surface area contributed by atoms with E-state index in [0.29, 0.717) is 31.8 Å². The lowest BCUT2D eigenvalue weighted by molar-refractivity contribution is -0.133. The standard InChI is InChI=1S/C16H23FN6O2/c1-11-4-15(25-20-11)8-22-6-13(17)5-14(22)7-21(3)16(24)12(2)23-10-18-9-19-23/h4,9-10,12-14H,5-8H2,1-3H3/t12-,13+,14+/m1/s1. The van der Waals surface area contributed by atoms with Gasteiger partial charge in [0, 0.05) is 32.2 Å². The van der Waals surface area contributed by atoms with Crippen molar-refractivity contribution in [1.82, 2.24) is 29.7 Å². The van der Waals surface area contributed by atoms with Crippen LogP contribution in [0.15, 0.2) is 23.2 Å². The Bertz CT molecular complexity index is 703. The number of aromatic nitrogens is 4. The lowest BCUT2D eigenvalue weighted by Crippen LogP contribution is -2.43. The van der Waals surface area contributed by atoms with Crippen molar-refractivity contribution in [3.05, 3.63) is 30.2 Å². The summed E-state index contributed by atoms with van der Waals surface area (Å²) in [6.07, 6.45) is 2.42. The number of hydrogen-bond acceptors (Lipinski definition) is 6. The Balaban J connectivity index is 1.62. The highest BCUT2D eigenvalue weighted by molar-refractivity contribution is 5.79. The molecule has 2 aromatic heterocycles. The van der Waals surface area contributed by atoms with E-state index < -0.39 is 12.2 Å². The van der Waals surface area contributed by atoms with Gasteiger partial charge < -0.3 is 9.42 Å². The maximum Gasteiger partial charge on any atom is 0.247 e. The van der Waals surface area contributed by atoms with Crippen LogP contribution in [0.5, 0.6) is 0 Å². The van der Waals surface area contributed by atoms with Gasteiger partial charge in [0.25, 0.3) is 0 Å². The number of alkyl halides is 1. The highest BCUT2D eigenvalue weighted by atomic mass is 19.1. The van der Waals surface area contributed by atoms with E-state index in [1.165, 1.54) is 17.3 Å². The van der Waals surface area contributed by atoms with Crippen molar-refractivity contribution in [3.8, 4) is 0 Å². The van der Waals surface area contributed by atoms with E-state index in [0.717, 1.165) is 5.69 Å². The molecule has 1 saturated heterocycles. The molecular formula is C16H23FN6O2. The monoisotopic (exact) mass is 350 g/mol. The van der Waals surface area contributed by atoms with Crippen molar-refractivity contribution in [2.24, 2.45) is 0 Å². The molecule has 1 aliphatic heterocycles. The number of halogens is 1. The molecule has 3 atom stereocenters. The van der Waals surface area contributed by atoms with Crippen LogP contribution in [0.2, 0.25) is 0 Å². The van der Waals surface area contributed by atoms with Gasteiger partial charge in [-0.3, -0.25) is 9.69 Å². The lowest BCUT2D eigenvalue weighted by atomic mass is 10.2. The zero-order valence-corrected chi connectivity index (χ0v) is 14.7. The molecule has 0 aliphatic carbocycles. The summed E-state index contributed by atoms with van der Waals surface area (Å²) in [7, 11) is 1.73. The van der Waals surface area contributed by atoms with Crippen molar-refractivity contribution in [2.45, 2.75) is 45.1 Å². The zero-order chi connectivity index (χ0) is 18.0. The van der Waals surface area contributed by atoms with E-state index in [1.54, 1.807) is 18.9 Å². The third-order valence-corrected chi connectivity index (χ3v) is 4.56. The van der Waals surface area contributed by atoms with Gasteiger partial charge in [-0.15, -0.1) is 0 Å². The fourth-order valence-electron chi connectivity index (χ4n) is 3.25. The molecule has 8 nitrogen and oxygen atoms in total. The Morgan fingerprint density at radius 1 is 1.56 bits per heavy atom. The Labute approximate surface area is 145 Å². The highest BCUT2D eigenvalue weighted by Crippen LogP contribution is 2.24. The van der Waals surface area contributed by atoms with Gasteiger partial charge in [-0.25, -0.2) is 14.1 Å². The summed E-state index contributed by atoms with van der Waals surface area (Å²) < 4.78 is 20.7. The summed E-state index contributed by atoms with van der Waals surface area (Å²) in [4.78, 5) is 20.1. The first-order valence-electron chi connectivity index (χ1n) is 8.33. The van der Waals surface area contributed by atoms with Gasteiger partial charge in [0.2, 0.25) is 5.91 Å². The molecule has 9 heteroatoms. The van der Waals surface area contributed by atoms with Crippen LogP contribution in [-0.2, 0) is 11.3 Å². The van der Waals surface area contributed by atoms with E-state index in [2.05, 4.69) is 15.2 Å². The van der Waals surface area contributed by atoms with Crippen LogP contribution in [0.4, 0.5) is 4.39 Å². The Hall–Kier alpha value is -2.29. The smallest absolute Gasteiger partial charge is 0.247 e. The number of likely N-dealkylation sites (N-methyl/N-ethyl adjacent to an activating group) is 1. The first-order valence-corrected chi connectivity index (χ1v) is 8.33. The van der Waals surface area contributed by atoms with Gasteiger partial charge in [0.15, 0.2) is 5.76 Å².